The first-order valence-electron chi connectivity index (χ1n) is 3.98. The van der Waals surface area contributed by atoms with Crippen LogP contribution in [0.5, 0.6) is 0 Å². The molecule has 1 saturated carbocycles. The molecule has 0 atom stereocenters. The van der Waals surface area contributed by atoms with Crippen LogP contribution in [0.2, 0.25) is 0 Å². The van der Waals surface area contributed by atoms with Crippen molar-refractivity contribution in [3.05, 3.63) is 0 Å². The molecule has 0 saturated heterocycles. The Labute approximate surface area is 62.5 Å². The van der Waals surface area contributed by atoms with Crippen LogP contribution in [0.15, 0.2) is 0 Å². The van der Waals surface area contributed by atoms with Crippen molar-refractivity contribution in [2.45, 2.75) is 32.8 Å². The topological polar surface area (TPSA) is 18.5 Å². The van der Waals surface area contributed by atoms with Gasteiger partial charge in [-0.15, -0.1) is 0 Å². The molecule has 0 spiro atoms. The maximum Gasteiger partial charge on any atom is 0.147 e. The lowest BCUT2D eigenvalue weighted by atomic mass is 10.2. The van der Waals surface area contributed by atoms with Crippen LogP contribution in [0, 0.1) is 5.92 Å². The summed E-state index contributed by atoms with van der Waals surface area (Å²) < 4.78 is 10.5. The number of hydrogen-bond donors (Lipinski definition) is 0. The van der Waals surface area contributed by atoms with E-state index in [0.29, 0.717) is 18.8 Å². The normalized spacial score (nSPS) is 18.3. The van der Waals surface area contributed by atoms with E-state index < -0.39 is 0 Å². The van der Waals surface area contributed by atoms with Crippen molar-refractivity contribution in [2.24, 2.45) is 5.92 Å². The Kier molecular flexibility index (Phi) is 3.16. The number of hydrogen-bond acceptors (Lipinski definition) is 2. The first kappa shape index (κ1) is 8.02. The van der Waals surface area contributed by atoms with E-state index in [1.807, 2.05) is 0 Å². The molecule has 60 valence electrons. The van der Waals surface area contributed by atoms with E-state index in [0.717, 1.165) is 6.61 Å². The highest BCUT2D eigenvalue weighted by atomic mass is 16.7. The zero-order valence-corrected chi connectivity index (χ0v) is 6.80. The molecule has 0 unspecified atom stereocenters. The first-order chi connectivity index (χ1) is 4.79. The lowest BCUT2D eigenvalue weighted by molar-refractivity contribution is -0.0687. The van der Waals surface area contributed by atoms with E-state index in [9.17, 15) is 0 Å². The maximum absolute atomic E-state index is 5.28. The van der Waals surface area contributed by atoms with Gasteiger partial charge in [0.1, 0.15) is 6.79 Å². The van der Waals surface area contributed by atoms with Crippen LogP contribution in [-0.2, 0) is 9.47 Å². The Morgan fingerprint density at radius 1 is 1.40 bits per heavy atom. The van der Waals surface area contributed by atoms with Crippen LogP contribution < -0.4 is 0 Å². The van der Waals surface area contributed by atoms with Crippen molar-refractivity contribution in [1.82, 2.24) is 0 Å². The summed E-state index contributed by atoms with van der Waals surface area (Å²) in [5.41, 5.74) is 0. The molecule has 0 amide bonds. The van der Waals surface area contributed by atoms with Gasteiger partial charge in [-0.2, -0.15) is 0 Å². The largest absolute Gasteiger partial charge is 0.355 e. The highest BCUT2D eigenvalue weighted by Gasteiger charge is 2.21. The molecule has 2 nitrogen and oxygen atoms in total. The number of ether oxygens (including phenoxy) is 2. The predicted molar refractivity (Wildman–Crippen MR) is 39.8 cm³/mol. The minimum Gasteiger partial charge on any atom is -0.355 e. The third-order valence-corrected chi connectivity index (χ3v) is 1.36. The molecule has 0 aromatic carbocycles. The molecule has 10 heavy (non-hydrogen) atoms. The van der Waals surface area contributed by atoms with Gasteiger partial charge in [-0.25, -0.2) is 0 Å². The van der Waals surface area contributed by atoms with Crippen LogP contribution in [-0.4, -0.2) is 19.5 Å². The van der Waals surface area contributed by atoms with Gasteiger partial charge in [0.2, 0.25) is 0 Å². The Morgan fingerprint density at radius 2 is 2.10 bits per heavy atom. The molecule has 2 heteroatoms. The summed E-state index contributed by atoms with van der Waals surface area (Å²) in [5, 5.41) is 0. The molecule has 1 fully saturated rings. The van der Waals surface area contributed by atoms with Gasteiger partial charge in [-0.05, 0) is 18.8 Å². The molecule has 0 radical (unpaired) electrons. The highest BCUT2D eigenvalue weighted by molar-refractivity contribution is 4.72. The summed E-state index contributed by atoms with van der Waals surface area (Å²) in [5.74, 6) is 0.614. The lowest BCUT2D eigenvalue weighted by Crippen LogP contribution is -2.06. The van der Waals surface area contributed by atoms with Crippen molar-refractivity contribution in [1.29, 1.82) is 0 Å². The van der Waals surface area contributed by atoms with Gasteiger partial charge < -0.3 is 9.47 Å². The van der Waals surface area contributed by atoms with Gasteiger partial charge in [-0.1, -0.05) is 13.8 Å². The number of rotatable bonds is 5. The molecule has 0 bridgehead atoms. The quantitative estimate of drug-likeness (QED) is 0.432. The SMILES string of the molecule is CC(C)COCOC1CC1. The predicted octanol–water partition coefficient (Wildman–Crippen LogP) is 1.80. The first-order valence-corrected chi connectivity index (χ1v) is 3.98. The summed E-state index contributed by atoms with van der Waals surface area (Å²) in [7, 11) is 0. The van der Waals surface area contributed by atoms with Crippen molar-refractivity contribution in [3.8, 4) is 0 Å². The van der Waals surface area contributed by atoms with Gasteiger partial charge in [0.15, 0.2) is 0 Å². The van der Waals surface area contributed by atoms with Crippen molar-refractivity contribution in [3.63, 3.8) is 0 Å². The van der Waals surface area contributed by atoms with Gasteiger partial charge in [-0.3, -0.25) is 0 Å². The van der Waals surface area contributed by atoms with Gasteiger partial charge in [0.05, 0.1) is 12.7 Å². The third-order valence-electron chi connectivity index (χ3n) is 1.36. The molecule has 0 aromatic rings. The van der Waals surface area contributed by atoms with E-state index >= 15 is 0 Å². The Hall–Kier alpha value is -0.0800. The van der Waals surface area contributed by atoms with Crippen molar-refractivity contribution >= 4 is 0 Å². The standard InChI is InChI=1S/C8H16O2/c1-7(2)5-9-6-10-8-3-4-8/h7-8H,3-6H2,1-2H3. The van der Waals surface area contributed by atoms with Gasteiger partial charge in [0.25, 0.3) is 0 Å². The van der Waals surface area contributed by atoms with Crippen LogP contribution in [0.4, 0.5) is 0 Å². The second-order valence-electron chi connectivity index (χ2n) is 3.25. The average Bonchev–Trinajstić information content (AvgIpc) is 2.62. The highest BCUT2D eigenvalue weighted by Crippen LogP contribution is 2.22. The van der Waals surface area contributed by atoms with Crippen molar-refractivity contribution < 1.29 is 9.47 Å². The van der Waals surface area contributed by atoms with E-state index in [1.54, 1.807) is 0 Å². The van der Waals surface area contributed by atoms with Crippen LogP contribution in [0.3, 0.4) is 0 Å². The smallest absolute Gasteiger partial charge is 0.147 e. The minimum absolute atomic E-state index is 0.489. The Balaban J connectivity index is 1.76. The average molecular weight is 144 g/mol. The zero-order valence-electron chi connectivity index (χ0n) is 6.80. The summed E-state index contributed by atoms with van der Waals surface area (Å²) in [6, 6.07) is 0. The second kappa shape index (κ2) is 3.94. The van der Waals surface area contributed by atoms with E-state index in [4.69, 9.17) is 9.47 Å². The summed E-state index contributed by atoms with van der Waals surface area (Å²) in [6.45, 7) is 5.57. The fourth-order valence-corrected chi connectivity index (χ4v) is 0.663. The monoisotopic (exact) mass is 144 g/mol. The summed E-state index contributed by atoms with van der Waals surface area (Å²) >= 11 is 0. The molecular formula is C8H16O2. The van der Waals surface area contributed by atoms with E-state index in [-0.39, 0.29) is 0 Å². The van der Waals surface area contributed by atoms with Crippen LogP contribution in [0.25, 0.3) is 0 Å². The molecule has 1 aliphatic rings. The minimum atomic E-state index is 0.489. The Bertz CT molecular complexity index is 83.3. The van der Waals surface area contributed by atoms with Gasteiger partial charge in [0, 0.05) is 0 Å². The van der Waals surface area contributed by atoms with Crippen molar-refractivity contribution in [2.75, 3.05) is 13.4 Å². The second-order valence-corrected chi connectivity index (χ2v) is 3.25. The molecule has 1 aliphatic carbocycles. The molecule has 0 aliphatic heterocycles. The fraction of sp³-hybridized carbons (Fsp3) is 1.00. The zero-order chi connectivity index (χ0) is 7.40. The summed E-state index contributed by atoms with van der Waals surface area (Å²) in [6.07, 6.45) is 2.97. The lowest BCUT2D eigenvalue weighted by Gasteiger charge is -2.05. The summed E-state index contributed by atoms with van der Waals surface area (Å²) in [4.78, 5) is 0. The van der Waals surface area contributed by atoms with Gasteiger partial charge >= 0.3 is 0 Å². The maximum atomic E-state index is 5.28. The van der Waals surface area contributed by atoms with E-state index in [2.05, 4.69) is 13.8 Å². The molecular weight excluding hydrogens is 128 g/mol. The molecule has 0 N–H and O–H groups in total. The molecule has 1 rings (SSSR count). The fourth-order valence-electron chi connectivity index (χ4n) is 0.663. The third kappa shape index (κ3) is 3.85. The van der Waals surface area contributed by atoms with Crippen LogP contribution >= 0.6 is 0 Å². The molecule has 0 heterocycles. The Morgan fingerprint density at radius 3 is 2.60 bits per heavy atom. The van der Waals surface area contributed by atoms with E-state index in [1.165, 1.54) is 12.8 Å². The van der Waals surface area contributed by atoms with Crippen LogP contribution in [0.1, 0.15) is 26.7 Å². The molecule has 0 aromatic heterocycles.